The number of halogens is 2. The number of rotatable bonds is 24. The van der Waals surface area contributed by atoms with Crippen molar-refractivity contribution in [2.75, 3.05) is 50.1 Å². The summed E-state index contributed by atoms with van der Waals surface area (Å²) >= 11 is 15.1. The molecule has 9 unspecified atom stereocenters. The van der Waals surface area contributed by atoms with Crippen LogP contribution in [0.4, 0.5) is 11.6 Å². The summed E-state index contributed by atoms with van der Waals surface area (Å²) in [5.74, 6) is 7.84. The lowest BCUT2D eigenvalue weighted by atomic mass is 10.1. The highest BCUT2D eigenvalue weighted by Crippen LogP contribution is 2.38. The number of nitrogens with two attached hydrogens (primary N) is 3. The minimum atomic E-state index is -4.04. The van der Waals surface area contributed by atoms with Crippen LogP contribution in [-0.2, 0) is 99.4 Å². The van der Waals surface area contributed by atoms with Crippen molar-refractivity contribution in [3.63, 3.8) is 0 Å². The van der Waals surface area contributed by atoms with Gasteiger partial charge in [-0.3, -0.25) is 4.18 Å². The smallest absolute Gasteiger partial charge is 0.333 e. The molecule has 6 heterocycles. The van der Waals surface area contributed by atoms with Gasteiger partial charge in [0.25, 0.3) is 9.24 Å². The number of terminal acetylenes is 1. The molecule has 33 nitrogen and oxygen atoms in total. The van der Waals surface area contributed by atoms with Crippen LogP contribution in [-0.4, -0.2) is 175 Å². The molecule has 45 heteroatoms. The summed E-state index contributed by atoms with van der Waals surface area (Å²) in [6.07, 6.45) is 25.2. The summed E-state index contributed by atoms with van der Waals surface area (Å²) in [6.45, 7) is 13.5. The lowest BCUT2D eigenvalue weighted by Gasteiger charge is -2.12. The highest BCUT2D eigenvalue weighted by molar-refractivity contribution is 8.70. The number of nitrogens with zero attached hydrogens (tertiary/aromatic N) is 17. The molecule has 0 aliphatic heterocycles. The fourth-order valence-electron chi connectivity index (χ4n) is 10.0. The molecule has 9 rings (SSSR count). The van der Waals surface area contributed by atoms with E-state index in [4.69, 9.17) is 44.5 Å². The molecule has 3 aliphatic rings. The van der Waals surface area contributed by atoms with Crippen molar-refractivity contribution in [3.05, 3.63) is 24.1 Å². The molecule has 0 saturated heterocycles. The second-order valence-electron chi connectivity index (χ2n) is 21.9. The number of aliphatic hydroxyl groups is 5. The Balaban J connectivity index is -0.00000122. The Morgan fingerprint density at radius 3 is 1.29 bits per heavy atom. The second-order valence-corrected chi connectivity index (χ2v) is 36.3. The van der Waals surface area contributed by atoms with E-state index >= 15 is 0 Å². The zero-order valence-corrected chi connectivity index (χ0v) is 67.3. The van der Waals surface area contributed by atoms with Gasteiger partial charge in [-0.05, 0) is 83.1 Å². The molecule has 582 valence electrons. The number of nitrogens with one attached hydrogen (secondary N) is 2. The average Bonchev–Trinajstić information content (AvgIpc) is 1.65. The topological polar surface area (TPSA) is 533 Å². The van der Waals surface area contributed by atoms with Crippen LogP contribution in [0.15, 0.2) is 19.0 Å². The first-order chi connectivity index (χ1) is 48.4. The Morgan fingerprint density at radius 1 is 0.621 bits per heavy atom. The van der Waals surface area contributed by atoms with Gasteiger partial charge in [-0.2, -0.15) is 27.4 Å². The quantitative estimate of drug-likeness (QED) is 0.0141. The number of anilines is 2. The standard InChI is InChI=1S/C16H27N7O4S.C16H26N6O2.C10H12ClN5O2.C6H15N.C5H4.2C2H3N.CH4.ClH2NO2S.H3N.S8.H2/c1-2-3-4-5-6-18-15-14-16(20-10-19-15)23(22-21-14)12-7-11(13(24)8-12)9-27-28(17,25)26;1-2-3-4-5-6-17-15-14-16(19-10-18-15)22(21-20-14)12-7-11(9-23)13(24)8-12;11-9-8-10(13-4-12-9)16(15-14-8)6-1-5(3-17)7(18)2-6;1-2-3-4-5-6-7;1-3-5-4-2;2*1-2-3;;1-5(2,3)4;;1-3-5-7-8-6-4-2;/h10-13,24H,2-9H2,1H3,(H2,17,25,26)(H,18,19,20);10-13,23-24H,2-9H2,1H3,(H,17,18,19);4-7,17-18H,1-3H2;2-7H2,1H3;1H,2H3;2*1H3;1H4;(H2,2,3,4);1H3;;1H. The summed E-state index contributed by atoms with van der Waals surface area (Å²) in [4.78, 5) is 25.1. The molecule has 3 fully saturated rings. The first-order valence-corrected chi connectivity index (χ1v) is 45.4. The van der Waals surface area contributed by atoms with Crippen LogP contribution >= 0.6 is 22.3 Å². The molecule has 6 aromatic rings. The van der Waals surface area contributed by atoms with Gasteiger partial charge in [-0.25, -0.2) is 54.2 Å². The van der Waals surface area contributed by atoms with Crippen LogP contribution in [0, 0.1) is 64.6 Å². The van der Waals surface area contributed by atoms with Crippen molar-refractivity contribution in [2.45, 2.75) is 201 Å². The van der Waals surface area contributed by atoms with Crippen LogP contribution in [0.1, 0.15) is 184 Å². The maximum atomic E-state index is 11.0. The van der Waals surface area contributed by atoms with Gasteiger partial charge >= 0.3 is 10.3 Å². The second kappa shape index (κ2) is 59.1. The summed E-state index contributed by atoms with van der Waals surface area (Å²) in [7, 11) is 5.67. The van der Waals surface area contributed by atoms with Gasteiger partial charge in [0.1, 0.15) is 19.0 Å². The predicted molar refractivity (Wildman–Crippen MR) is 426 cm³/mol. The third kappa shape index (κ3) is 40.5. The van der Waals surface area contributed by atoms with Crippen LogP contribution in [0.2, 0.25) is 5.15 Å². The average molecular weight is 1670 g/mol. The van der Waals surface area contributed by atoms with E-state index in [1.807, 2.05) is 0 Å². The van der Waals surface area contributed by atoms with E-state index in [0.717, 1.165) is 38.9 Å². The molecule has 3 aliphatic carbocycles. The van der Waals surface area contributed by atoms with Gasteiger partial charge in [0, 0.05) is 146 Å². The van der Waals surface area contributed by atoms with Crippen LogP contribution < -0.4 is 32.8 Å². The van der Waals surface area contributed by atoms with Crippen molar-refractivity contribution < 1.29 is 48.0 Å². The molecule has 103 heavy (non-hydrogen) atoms. The van der Waals surface area contributed by atoms with Crippen molar-refractivity contribution >= 4 is 163 Å². The maximum Gasteiger partial charge on any atom is 0.333 e. The third-order valence-corrected chi connectivity index (χ3v) is 26.5. The fraction of sp³-hybridized carbons (Fsp3) is 0.690. The van der Waals surface area contributed by atoms with E-state index in [1.165, 1.54) is 108 Å². The molecule has 0 spiro atoms. The Labute approximate surface area is 642 Å². The Morgan fingerprint density at radius 2 is 0.971 bits per heavy atom. The van der Waals surface area contributed by atoms with Crippen molar-refractivity contribution in [3.8, 4) is 36.3 Å². The van der Waals surface area contributed by atoms with Gasteiger partial charge in [-0.1, -0.05) is 119 Å². The number of nitriles is 2. The molecular formula is C58H101Cl2N23O10S10. The largest absolute Gasteiger partial charge is 0.396 e. The SMILES string of the molecule is C.C#CC#CC.CC#N.CC#N.CCCCCCN.CCCCCCNc1ncnc2c1nnn2C1CC(O)C(CO)C1.CCCCCCNc1ncnc2c1nnn2C1CC(O)C(COS(N)(=O)=O)C1.N.NS(=O)(=O)Cl.OCC1CC(n2nnc3c(Cl)ncnc32)CC1O.S=S=S=S=S=S=S=S.[HH]. The molecule has 0 radical (unpaired) electrons. The minimum Gasteiger partial charge on any atom is -0.396 e. The summed E-state index contributed by atoms with van der Waals surface area (Å²) in [6, 6.07) is 3.32. The molecule has 0 amide bonds. The number of fused-ring (bicyclic) bond motifs is 3. The summed E-state index contributed by atoms with van der Waals surface area (Å²) in [5, 5.41) is 104. The Kier molecular flexibility index (Phi) is 57.4. The van der Waals surface area contributed by atoms with Gasteiger partial charge in [-0.15, -0.1) is 21.7 Å². The minimum absolute atomic E-state index is 0. The molecule has 0 aromatic carbocycles. The molecule has 3 saturated carbocycles. The van der Waals surface area contributed by atoms with Gasteiger partial charge in [0.15, 0.2) is 50.3 Å². The van der Waals surface area contributed by atoms with Crippen molar-refractivity contribution in [1.29, 1.82) is 10.5 Å². The number of hydrogen-bond donors (Lipinski definition) is 11. The number of unbranched alkanes of at least 4 members (excludes halogenated alkanes) is 9. The number of aliphatic hydroxyl groups excluding tert-OH is 5. The van der Waals surface area contributed by atoms with Gasteiger partial charge < -0.3 is 48.1 Å². The zero-order chi connectivity index (χ0) is 75.6. The summed E-state index contributed by atoms with van der Waals surface area (Å²) in [5.41, 5.74) is 8.79. The van der Waals surface area contributed by atoms with Crippen molar-refractivity contribution in [1.82, 2.24) is 81.0 Å². The molecule has 0 bridgehead atoms. The van der Waals surface area contributed by atoms with E-state index in [9.17, 15) is 37.3 Å². The van der Waals surface area contributed by atoms with E-state index in [-0.39, 0.29) is 75.9 Å². The van der Waals surface area contributed by atoms with E-state index in [1.54, 1.807) is 68.6 Å². The normalized spacial score (nSPS) is 18.7. The Bertz CT molecular complexity index is 4040. The monoisotopic (exact) mass is 1670 g/mol. The van der Waals surface area contributed by atoms with Gasteiger partial charge in [0.05, 0.1) is 55.2 Å². The van der Waals surface area contributed by atoms with Gasteiger partial charge in [0.2, 0.25) is 0 Å². The fourth-order valence-corrected chi connectivity index (χ4v) is 21.6. The Hall–Kier alpha value is -5.02. The highest BCUT2D eigenvalue weighted by atomic mass is 35.7. The highest BCUT2D eigenvalue weighted by Gasteiger charge is 2.38. The molecule has 9 atom stereocenters. The van der Waals surface area contributed by atoms with Crippen LogP contribution in [0.5, 0.6) is 0 Å². The predicted octanol–water partition coefficient (Wildman–Crippen LogP) is 6.12. The lowest BCUT2D eigenvalue weighted by Crippen LogP contribution is -2.24. The molecule has 6 aromatic heterocycles. The number of aromatic nitrogens is 15. The van der Waals surface area contributed by atoms with E-state index < -0.39 is 37.9 Å². The first kappa shape index (κ1) is 100. The van der Waals surface area contributed by atoms with Crippen molar-refractivity contribution in [2.24, 2.45) is 33.8 Å². The summed E-state index contributed by atoms with van der Waals surface area (Å²) < 4.78 is 50.0. The first-order valence-electron chi connectivity index (χ1n) is 31.8. The number of hydrogen-bond acceptors (Lipinski definition) is 30. The molecule has 16 N–H and O–H groups in total. The van der Waals surface area contributed by atoms with Crippen LogP contribution in [0.25, 0.3) is 33.5 Å². The maximum absolute atomic E-state index is 11.0. The van der Waals surface area contributed by atoms with E-state index in [2.05, 4.69) is 152 Å². The lowest BCUT2D eigenvalue weighted by molar-refractivity contribution is 0.0901. The molecular weight excluding hydrogens is 1570 g/mol. The zero-order valence-electron chi connectivity index (χ0n) is 57.6. The van der Waals surface area contributed by atoms with E-state index in [0.29, 0.717) is 83.7 Å². The third-order valence-electron chi connectivity index (χ3n) is 14.6. The van der Waals surface area contributed by atoms with Crippen LogP contribution in [0.3, 0.4) is 0 Å².